The summed E-state index contributed by atoms with van der Waals surface area (Å²) in [5.41, 5.74) is 13.3. The molecule has 70 heavy (non-hydrogen) atoms. The van der Waals surface area contributed by atoms with Crippen molar-refractivity contribution in [3.63, 3.8) is 0 Å². The molecule has 324 valence electrons. The number of nitrogens with zero attached hydrogens (tertiary/aromatic N) is 6. The van der Waals surface area contributed by atoms with Crippen LogP contribution in [-0.2, 0) is 0 Å². The summed E-state index contributed by atoms with van der Waals surface area (Å²) in [6.45, 7) is 2.11. The normalized spacial score (nSPS) is 12.0. The SMILES string of the molecule is Cc1ccc2c(c1)c1c3oc4ccccc4c3ccc1n2-c1c(C#N)c(C#N)c(-n2c3ccccc3c3ccccc32)c(-n2c3ccccc3c3ccccc32)c1-n1c2ccccc2c2ccccc21. The first-order valence-corrected chi connectivity index (χ1v) is 23.5. The molecule has 5 aromatic heterocycles. The average molecular weight is 893 g/mol. The highest BCUT2D eigenvalue weighted by molar-refractivity contribution is 6.25. The van der Waals surface area contributed by atoms with Crippen molar-refractivity contribution in [2.24, 2.45) is 0 Å². The number of aryl methyl sites for hydroxylation is 1. The van der Waals surface area contributed by atoms with Gasteiger partial charge in [0.2, 0.25) is 0 Å². The summed E-state index contributed by atoms with van der Waals surface area (Å²) in [6, 6.07) is 75.3. The molecule has 5 heterocycles. The van der Waals surface area contributed by atoms with E-state index < -0.39 is 0 Å². The van der Waals surface area contributed by atoms with E-state index in [1.165, 1.54) is 0 Å². The summed E-state index contributed by atoms with van der Waals surface area (Å²) in [4.78, 5) is 0. The molecule has 15 rings (SSSR count). The highest BCUT2D eigenvalue weighted by Gasteiger charge is 2.35. The molecule has 7 nitrogen and oxygen atoms in total. The van der Waals surface area contributed by atoms with E-state index in [0.717, 1.165) is 126 Å². The highest BCUT2D eigenvalue weighted by Crippen LogP contribution is 2.50. The van der Waals surface area contributed by atoms with Gasteiger partial charge in [-0.25, -0.2) is 0 Å². The maximum Gasteiger partial charge on any atom is 0.145 e. The number of benzene rings is 10. The molecular weight excluding hydrogens is 857 g/mol. The number of rotatable bonds is 4. The Morgan fingerprint density at radius 1 is 0.329 bits per heavy atom. The van der Waals surface area contributed by atoms with Crippen molar-refractivity contribution in [1.82, 2.24) is 18.3 Å². The molecule has 0 spiro atoms. The van der Waals surface area contributed by atoms with E-state index in [1.807, 2.05) is 18.2 Å². The average Bonchev–Trinajstić information content (AvgIpc) is 4.21. The van der Waals surface area contributed by atoms with Gasteiger partial charge in [-0.15, -0.1) is 0 Å². The lowest BCUT2D eigenvalue weighted by Gasteiger charge is -2.27. The van der Waals surface area contributed by atoms with Gasteiger partial charge in [0.1, 0.15) is 23.3 Å². The number of aromatic nitrogens is 4. The van der Waals surface area contributed by atoms with Crippen LogP contribution in [0.5, 0.6) is 0 Å². The van der Waals surface area contributed by atoms with E-state index >= 15 is 0 Å². The van der Waals surface area contributed by atoms with Crippen molar-refractivity contribution in [3.05, 3.63) is 217 Å². The van der Waals surface area contributed by atoms with Crippen molar-refractivity contribution in [3.8, 4) is 34.9 Å². The zero-order valence-corrected chi connectivity index (χ0v) is 37.6. The fourth-order valence-corrected chi connectivity index (χ4v) is 11.9. The highest BCUT2D eigenvalue weighted by atomic mass is 16.3. The van der Waals surface area contributed by atoms with E-state index in [4.69, 9.17) is 4.42 Å². The summed E-state index contributed by atoms with van der Waals surface area (Å²) >= 11 is 0. The molecule has 10 aromatic carbocycles. The first-order chi connectivity index (χ1) is 34.6. The van der Waals surface area contributed by atoms with Crippen LogP contribution in [-0.4, -0.2) is 18.3 Å². The number of para-hydroxylation sites is 7. The first-order valence-electron chi connectivity index (χ1n) is 23.5. The van der Waals surface area contributed by atoms with Gasteiger partial charge >= 0.3 is 0 Å². The van der Waals surface area contributed by atoms with Crippen molar-refractivity contribution in [1.29, 1.82) is 10.5 Å². The Labute approximate surface area is 399 Å². The number of hydrogen-bond donors (Lipinski definition) is 0. The molecule has 7 heteroatoms. The molecule has 0 N–H and O–H groups in total. The number of fused-ring (bicyclic) bond motifs is 16. The fourth-order valence-electron chi connectivity index (χ4n) is 11.9. The Hall–Kier alpha value is -9.82. The Morgan fingerprint density at radius 3 is 1.10 bits per heavy atom. The molecule has 0 aliphatic heterocycles. The van der Waals surface area contributed by atoms with E-state index in [1.54, 1.807) is 0 Å². The summed E-state index contributed by atoms with van der Waals surface area (Å²) in [6.07, 6.45) is 0. The Kier molecular flexibility index (Phi) is 7.72. The van der Waals surface area contributed by atoms with Crippen LogP contribution in [0.2, 0.25) is 0 Å². The second-order valence-corrected chi connectivity index (χ2v) is 18.3. The van der Waals surface area contributed by atoms with Gasteiger partial charge in [0.15, 0.2) is 0 Å². The van der Waals surface area contributed by atoms with Gasteiger partial charge in [0.05, 0.1) is 83.4 Å². The third-order valence-electron chi connectivity index (χ3n) is 14.7. The quantitative estimate of drug-likeness (QED) is 0.176. The van der Waals surface area contributed by atoms with Gasteiger partial charge in [-0.05, 0) is 73.7 Å². The number of hydrogen-bond acceptors (Lipinski definition) is 3. The third kappa shape index (κ3) is 4.89. The van der Waals surface area contributed by atoms with Crippen LogP contribution in [0.25, 0.3) is 132 Å². The summed E-state index contributed by atoms with van der Waals surface area (Å²) in [5.74, 6) is 0. The van der Waals surface area contributed by atoms with Crippen molar-refractivity contribution in [2.75, 3.05) is 0 Å². The van der Waals surface area contributed by atoms with Crippen LogP contribution in [0.15, 0.2) is 205 Å². The van der Waals surface area contributed by atoms with E-state index in [9.17, 15) is 10.5 Å². The molecule has 0 radical (unpaired) electrons. The van der Waals surface area contributed by atoms with Crippen LogP contribution < -0.4 is 0 Å². The van der Waals surface area contributed by atoms with Crippen LogP contribution in [0.3, 0.4) is 0 Å². The lowest BCUT2D eigenvalue weighted by atomic mass is 9.98. The second-order valence-electron chi connectivity index (χ2n) is 18.3. The Morgan fingerprint density at radius 2 is 0.671 bits per heavy atom. The predicted octanol–water partition coefficient (Wildman–Crippen LogP) is 16.0. The molecule has 0 saturated heterocycles. The van der Waals surface area contributed by atoms with Gasteiger partial charge in [-0.3, -0.25) is 0 Å². The molecule has 0 aliphatic rings. The Balaban J connectivity index is 1.29. The van der Waals surface area contributed by atoms with E-state index in [2.05, 4.69) is 219 Å². The minimum Gasteiger partial charge on any atom is -0.455 e. The predicted molar refractivity (Wildman–Crippen MR) is 285 cm³/mol. The topological polar surface area (TPSA) is 80.4 Å². The van der Waals surface area contributed by atoms with Gasteiger partial charge < -0.3 is 22.7 Å². The van der Waals surface area contributed by atoms with E-state index in [0.29, 0.717) is 11.4 Å². The summed E-state index contributed by atoms with van der Waals surface area (Å²) in [5, 5.41) is 34.7. The monoisotopic (exact) mass is 892 g/mol. The van der Waals surface area contributed by atoms with Crippen molar-refractivity contribution in [2.45, 2.75) is 6.92 Å². The molecule has 0 aliphatic carbocycles. The lowest BCUT2D eigenvalue weighted by Crippen LogP contribution is -2.17. The fraction of sp³-hybridized carbons (Fsp3) is 0.0159. The minimum atomic E-state index is 0.254. The molecular formula is C63H36N6O. The van der Waals surface area contributed by atoms with E-state index in [-0.39, 0.29) is 11.1 Å². The molecule has 0 atom stereocenters. The van der Waals surface area contributed by atoms with Gasteiger partial charge in [0, 0.05) is 48.5 Å². The van der Waals surface area contributed by atoms with Crippen LogP contribution in [0.1, 0.15) is 16.7 Å². The minimum absolute atomic E-state index is 0.254. The summed E-state index contributed by atoms with van der Waals surface area (Å²) < 4.78 is 16.0. The van der Waals surface area contributed by atoms with Gasteiger partial charge in [-0.2, -0.15) is 10.5 Å². The standard InChI is InChI=1S/C63H36N6O/c1-37-30-32-55-46(34-37)58-56(33-31-45-44-22-8-15-29-57(44)70-63(45)58)69(55)60-48(36-65)47(35-64)59(66-49-23-9-2-16-38(49)39-17-3-10-24-50(39)66)61(67-51-25-11-4-18-40(51)41-19-5-12-26-52(41)67)62(60)68-53-27-13-6-20-42(53)43-21-7-14-28-54(43)68/h2-34H,1H3. The van der Waals surface area contributed by atoms with Crippen molar-refractivity contribution < 1.29 is 4.42 Å². The largest absolute Gasteiger partial charge is 0.455 e. The molecule has 0 unspecified atom stereocenters. The third-order valence-corrected chi connectivity index (χ3v) is 14.7. The van der Waals surface area contributed by atoms with Gasteiger partial charge in [0.25, 0.3) is 0 Å². The second kappa shape index (κ2) is 14.1. The molecule has 0 bridgehead atoms. The van der Waals surface area contributed by atoms with Crippen LogP contribution in [0, 0.1) is 29.6 Å². The number of nitriles is 2. The maximum absolute atomic E-state index is 12.2. The zero-order chi connectivity index (χ0) is 46.4. The molecule has 15 aromatic rings. The van der Waals surface area contributed by atoms with Crippen molar-refractivity contribution >= 4 is 109 Å². The maximum atomic E-state index is 12.2. The van der Waals surface area contributed by atoms with Crippen LogP contribution in [0.4, 0.5) is 0 Å². The lowest BCUT2D eigenvalue weighted by molar-refractivity contribution is 0.673. The molecule has 0 saturated carbocycles. The number of furan rings is 1. The first kappa shape index (κ1) is 38.3. The smallest absolute Gasteiger partial charge is 0.145 e. The molecule has 0 amide bonds. The molecule has 0 fully saturated rings. The summed E-state index contributed by atoms with van der Waals surface area (Å²) in [7, 11) is 0. The van der Waals surface area contributed by atoms with Crippen LogP contribution >= 0.6 is 0 Å². The zero-order valence-electron chi connectivity index (χ0n) is 37.6. The Bertz CT molecular complexity index is 4720. The van der Waals surface area contributed by atoms with Gasteiger partial charge in [-0.1, -0.05) is 139 Å².